The van der Waals surface area contributed by atoms with Crippen molar-refractivity contribution in [3.05, 3.63) is 23.3 Å². The highest BCUT2D eigenvalue weighted by Gasteiger charge is 2.42. The van der Waals surface area contributed by atoms with Crippen LogP contribution >= 0.6 is 0 Å². The summed E-state index contributed by atoms with van der Waals surface area (Å²) in [5, 5.41) is 3.80. The molecule has 2 rings (SSSR count). The minimum absolute atomic E-state index is 0.162. The summed E-state index contributed by atoms with van der Waals surface area (Å²) < 4.78 is 13.5. The van der Waals surface area contributed by atoms with Crippen molar-refractivity contribution in [3.63, 3.8) is 0 Å². The summed E-state index contributed by atoms with van der Waals surface area (Å²) in [6.45, 7) is 24.9. The number of benzene rings is 1. The molecule has 1 aliphatic heterocycles. The van der Waals surface area contributed by atoms with Crippen molar-refractivity contribution in [1.82, 2.24) is 5.32 Å². The summed E-state index contributed by atoms with van der Waals surface area (Å²) in [5.41, 5.74) is 2.76. The van der Waals surface area contributed by atoms with E-state index in [9.17, 15) is 0 Å². The Labute approximate surface area is 163 Å². The molecule has 1 aliphatic rings. The predicted octanol–water partition coefficient (Wildman–Crippen LogP) is 6.10. The monoisotopic (exact) mass is 393 g/mol. The van der Waals surface area contributed by atoms with Gasteiger partial charge < -0.3 is 14.2 Å². The molecule has 1 aromatic rings. The maximum absolute atomic E-state index is 6.74. The average molecular weight is 394 g/mol. The van der Waals surface area contributed by atoms with Gasteiger partial charge in [0.25, 0.3) is 16.6 Å². The molecule has 1 aromatic carbocycles. The smallest absolute Gasteiger partial charge is 0.250 e. The van der Waals surface area contributed by atoms with Crippen LogP contribution in [0, 0.1) is 0 Å². The number of nitrogens with one attached hydrogen (secondary N) is 1. The first-order valence-electron chi connectivity index (χ1n) is 9.89. The third kappa shape index (κ3) is 4.54. The van der Waals surface area contributed by atoms with Crippen molar-refractivity contribution in [2.45, 2.75) is 90.8 Å². The Morgan fingerprint density at radius 2 is 1.19 bits per heavy atom. The topological polar surface area (TPSA) is 30.5 Å². The average Bonchev–Trinajstić information content (AvgIpc) is 2.44. The first kappa shape index (κ1) is 21.5. The molecule has 0 aromatic heterocycles. The van der Waals surface area contributed by atoms with E-state index in [1.165, 1.54) is 11.1 Å². The number of hydrogen-bond donors (Lipinski definition) is 1. The molecule has 0 fully saturated rings. The third-order valence-corrected chi connectivity index (χ3v) is 15.2. The highest BCUT2D eigenvalue weighted by atomic mass is 28.4. The van der Waals surface area contributed by atoms with Crippen molar-refractivity contribution in [3.8, 4) is 11.5 Å². The van der Waals surface area contributed by atoms with Gasteiger partial charge in [-0.25, -0.2) is 0 Å². The minimum Gasteiger partial charge on any atom is -0.541 e. The molecule has 0 radical (unpaired) electrons. The zero-order valence-electron chi connectivity index (χ0n) is 18.6. The molecule has 0 atom stereocenters. The van der Waals surface area contributed by atoms with Gasteiger partial charge in [0, 0.05) is 6.54 Å². The Hall–Kier alpha value is -0.786. The van der Waals surface area contributed by atoms with E-state index in [-0.39, 0.29) is 10.1 Å². The zero-order chi connectivity index (χ0) is 20.0. The fourth-order valence-electron chi connectivity index (χ4n) is 2.50. The van der Waals surface area contributed by atoms with E-state index < -0.39 is 16.6 Å². The van der Waals surface area contributed by atoms with Gasteiger partial charge >= 0.3 is 0 Å². The largest absolute Gasteiger partial charge is 0.541 e. The quantitative estimate of drug-likeness (QED) is 0.627. The van der Waals surface area contributed by atoms with Crippen LogP contribution in [0.2, 0.25) is 36.3 Å². The molecule has 0 amide bonds. The second-order valence-corrected chi connectivity index (χ2v) is 20.2. The Balaban J connectivity index is 2.48. The molecular formula is C21H39NO2Si2. The van der Waals surface area contributed by atoms with Crippen molar-refractivity contribution in [2.75, 3.05) is 6.54 Å². The van der Waals surface area contributed by atoms with Crippen molar-refractivity contribution < 1.29 is 8.85 Å². The maximum atomic E-state index is 6.74. The van der Waals surface area contributed by atoms with E-state index in [4.69, 9.17) is 8.85 Å². The van der Waals surface area contributed by atoms with E-state index in [2.05, 4.69) is 85.2 Å². The van der Waals surface area contributed by atoms with Gasteiger partial charge in [0.05, 0.1) is 0 Å². The molecule has 5 heteroatoms. The molecule has 0 unspecified atom stereocenters. The molecule has 0 saturated heterocycles. The van der Waals surface area contributed by atoms with E-state index in [0.717, 1.165) is 31.0 Å². The van der Waals surface area contributed by atoms with Crippen molar-refractivity contribution >= 4 is 16.6 Å². The predicted molar refractivity (Wildman–Crippen MR) is 118 cm³/mol. The summed E-state index contributed by atoms with van der Waals surface area (Å²) in [4.78, 5) is 0. The molecule has 148 valence electrons. The molecule has 1 N–H and O–H groups in total. The van der Waals surface area contributed by atoms with Crippen LogP contribution in [-0.2, 0) is 13.0 Å². The first-order chi connectivity index (χ1) is 11.6. The van der Waals surface area contributed by atoms with Crippen LogP contribution in [0.5, 0.6) is 11.5 Å². The lowest BCUT2D eigenvalue weighted by molar-refractivity contribution is 0.438. The van der Waals surface area contributed by atoms with Gasteiger partial charge in [-0.05, 0) is 72.5 Å². The molecule has 1 heterocycles. The van der Waals surface area contributed by atoms with E-state index >= 15 is 0 Å². The zero-order valence-corrected chi connectivity index (χ0v) is 20.6. The number of hydrogen-bond acceptors (Lipinski definition) is 3. The van der Waals surface area contributed by atoms with Crippen molar-refractivity contribution in [2.24, 2.45) is 0 Å². The molecular weight excluding hydrogens is 354 g/mol. The fraction of sp³-hybridized carbons (Fsp3) is 0.714. The van der Waals surface area contributed by atoms with E-state index in [1.54, 1.807) is 0 Å². The van der Waals surface area contributed by atoms with Gasteiger partial charge in [-0.1, -0.05) is 41.5 Å². The Bertz CT molecular complexity index is 598. The summed E-state index contributed by atoms with van der Waals surface area (Å²) >= 11 is 0. The second kappa shape index (κ2) is 6.99. The Morgan fingerprint density at radius 1 is 0.769 bits per heavy atom. The highest BCUT2D eigenvalue weighted by Crippen LogP contribution is 2.44. The summed E-state index contributed by atoms with van der Waals surface area (Å²) in [6, 6.07) is 4.50. The SMILES string of the molecule is CC(C)(C)[Si](C)(C)Oc1cc2c(cc1O[Si](C)(C)C(C)(C)C)CNCC2. The van der Waals surface area contributed by atoms with Crippen LogP contribution in [-0.4, -0.2) is 23.2 Å². The van der Waals surface area contributed by atoms with Crippen LogP contribution < -0.4 is 14.2 Å². The molecule has 0 saturated carbocycles. The van der Waals surface area contributed by atoms with Crippen LogP contribution in [0.4, 0.5) is 0 Å². The lowest BCUT2D eigenvalue weighted by atomic mass is 10.0. The molecule has 0 spiro atoms. The Morgan fingerprint density at radius 3 is 1.62 bits per heavy atom. The Kier molecular flexibility index (Phi) is 5.78. The van der Waals surface area contributed by atoms with Gasteiger partial charge in [0.2, 0.25) is 0 Å². The van der Waals surface area contributed by atoms with Crippen LogP contribution in [0.3, 0.4) is 0 Å². The van der Waals surface area contributed by atoms with Crippen LogP contribution in [0.15, 0.2) is 12.1 Å². The first-order valence-corrected chi connectivity index (χ1v) is 15.7. The van der Waals surface area contributed by atoms with Gasteiger partial charge in [-0.3, -0.25) is 0 Å². The lowest BCUT2D eigenvalue weighted by Crippen LogP contribution is -2.46. The van der Waals surface area contributed by atoms with Crippen LogP contribution in [0.1, 0.15) is 52.7 Å². The van der Waals surface area contributed by atoms with Crippen LogP contribution in [0.25, 0.3) is 0 Å². The summed E-state index contributed by atoms with van der Waals surface area (Å²) in [7, 11) is -3.85. The summed E-state index contributed by atoms with van der Waals surface area (Å²) in [5.74, 6) is 1.91. The maximum Gasteiger partial charge on any atom is 0.250 e. The standard InChI is InChI=1S/C21H39NO2Si2/c1-20(2,3)25(7,8)23-18-13-16-11-12-22-15-17(16)14-19(18)24-26(9,10)21(4,5)6/h13-14,22H,11-12,15H2,1-10H3. The normalized spacial score (nSPS) is 16.2. The number of fused-ring (bicyclic) bond motifs is 1. The third-order valence-electron chi connectivity index (χ3n) is 6.50. The molecule has 3 nitrogen and oxygen atoms in total. The molecule has 0 bridgehead atoms. The van der Waals surface area contributed by atoms with Crippen molar-refractivity contribution in [1.29, 1.82) is 0 Å². The second-order valence-electron chi connectivity index (χ2n) is 10.7. The van der Waals surface area contributed by atoms with Gasteiger partial charge in [0.15, 0.2) is 0 Å². The van der Waals surface area contributed by atoms with Gasteiger partial charge in [0.1, 0.15) is 11.5 Å². The summed E-state index contributed by atoms with van der Waals surface area (Å²) in [6.07, 6.45) is 1.06. The highest BCUT2D eigenvalue weighted by molar-refractivity contribution is 6.75. The van der Waals surface area contributed by atoms with Gasteiger partial charge in [-0.2, -0.15) is 0 Å². The minimum atomic E-state index is -1.93. The molecule has 0 aliphatic carbocycles. The van der Waals surface area contributed by atoms with Gasteiger partial charge in [-0.15, -0.1) is 0 Å². The van der Waals surface area contributed by atoms with E-state index in [0.29, 0.717) is 0 Å². The number of rotatable bonds is 4. The lowest BCUT2D eigenvalue weighted by Gasteiger charge is -2.40. The van der Waals surface area contributed by atoms with E-state index in [1.807, 2.05) is 0 Å². The fourth-order valence-corrected chi connectivity index (χ4v) is 4.53. The molecule has 26 heavy (non-hydrogen) atoms.